The van der Waals surface area contributed by atoms with E-state index in [-0.39, 0.29) is 0 Å². The minimum Gasteiger partial charge on any atom is -0.381 e. The lowest BCUT2D eigenvalue weighted by Crippen LogP contribution is -2.46. The second-order valence-electron chi connectivity index (χ2n) is 5.55. The average Bonchev–Trinajstić information content (AvgIpc) is 3.00. The van der Waals surface area contributed by atoms with Crippen molar-refractivity contribution in [3.05, 3.63) is 30.1 Å². The fourth-order valence-electron chi connectivity index (χ4n) is 3.09. The Morgan fingerprint density at radius 1 is 1.37 bits per heavy atom. The Hall–Kier alpha value is -0.970. The predicted molar refractivity (Wildman–Crippen MR) is 75.0 cm³/mol. The van der Waals surface area contributed by atoms with E-state index in [4.69, 9.17) is 4.74 Å². The molecule has 0 saturated carbocycles. The topological polar surface area (TPSA) is 37.4 Å². The molecule has 0 aliphatic carbocycles. The zero-order chi connectivity index (χ0) is 12.9. The Balaban J connectivity index is 1.60. The number of hydrogen-bond donors (Lipinski definition) is 1. The SMILES string of the molecule is c1cc(C2CNCCN2CCC2CCOC2)ccn1. The Morgan fingerprint density at radius 2 is 2.26 bits per heavy atom. The summed E-state index contributed by atoms with van der Waals surface area (Å²) in [6, 6.07) is 4.78. The molecule has 1 aromatic heterocycles. The highest BCUT2D eigenvalue weighted by Gasteiger charge is 2.25. The first-order valence-electron chi connectivity index (χ1n) is 7.36. The molecule has 2 fully saturated rings. The van der Waals surface area contributed by atoms with Crippen molar-refractivity contribution in [3.8, 4) is 0 Å². The average molecular weight is 261 g/mol. The molecule has 3 heterocycles. The normalized spacial score (nSPS) is 28.6. The van der Waals surface area contributed by atoms with Gasteiger partial charge in [0.1, 0.15) is 0 Å². The van der Waals surface area contributed by atoms with Crippen LogP contribution in [0.3, 0.4) is 0 Å². The predicted octanol–water partition coefficient (Wildman–Crippen LogP) is 1.45. The molecular weight excluding hydrogens is 238 g/mol. The maximum absolute atomic E-state index is 5.47. The van der Waals surface area contributed by atoms with Gasteiger partial charge in [-0.05, 0) is 43.0 Å². The van der Waals surface area contributed by atoms with Gasteiger partial charge in [-0.3, -0.25) is 9.88 Å². The van der Waals surface area contributed by atoms with Crippen LogP contribution in [-0.4, -0.2) is 49.3 Å². The lowest BCUT2D eigenvalue weighted by Gasteiger charge is -2.37. The number of aromatic nitrogens is 1. The van der Waals surface area contributed by atoms with Crippen molar-refractivity contribution in [2.45, 2.75) is 18.9 Å². The van der Waals surface area contributed by atoms with E-state index < -0.39 is 0 Å². The first-order valence-corrected chi connectivity index (χ1v) is 7.36. The zero-order valence-electron chi connectivity index (χ0n) is 11.4. The molecule has 0 bridgehead atoms. The van der Waals surface area contributed by atoms with Gasteiger partial charge in [-0.1, -0.05) is 0 Å². The van der Waals surface area contributed by atoms with E-state index in [9.17, 15) is 0 Å². The Labute approximate surface area is 115 Å². The fourth-order valence-corrected chi connectivity index (χ4v) is 3.09. The summed E-state index contributed by atoms with van der Waals surface area (Å²) in [4.78, 5) is 6.73. The fraction of sp³-hybridized carbons (Fsp3) is 0.667. The van der Waals surface area contributed by atoms with Crippen LogP contribution in [0.4, 0.5) is 0 Å². The molecule has 2 aliphatic rings. The van der Waals surface area contributed by atoms with E-state index in [1.165, 1.54) is 24.9 Å². The van der Waals surface area contributed by atoms with Gasteiger partial charge >= 0.3 is 0 Å². The molecule has 2 aliphatic heterocycles. The van der Waals surface area contributed by atoms with Gasteiger partial charge in [0.15, 0.2) is 0 Å². The van der Waals surface area contributed by atoms with Crippen molar-refractivity contribution in [1.82, 2.24) is 15.2 Å². The molecule has 104 valence electrons. The molecular formula is C15H23N3O. The molecule has 4 heteroatoms. The number of nitrogens with one attached hydrogen (secondary N) is 1. The quantitative estimate of drug-likeness (QED) is 0.890. The minimum atomic E-state index is 0.499. The van der Waals surface area contributed by atoms with Crippen LogP contribution in [0.25, 0.3) is 0 Å². The Morgan fingerprint density at radius 3 is 3.05 bits per heavy atom. The largest absolute Gasteiger partial charge is 0.381 e. The summed E-state index contributed by atoms with van der Waals surface area (Å²) in [5.41, 5.74) is 1.38. The van der Waals surface area contributed by atoms with Crippen LogP contribution in [0.5, 0.6) is 0 Å². The Kier molecular flexibility index (Phi) is 4.43. The number of nitrogens with zero attached hydrogens (tertiary/aromatic N) is 2. The van der Waals surface area contributed by atoms with Gasteiger partial charge in [0.25, 0.3) is 0 Å². The van der Waals surface area contributed by atoms with Crippen LogP contribution >= 0.6 is 0 Å². The van der Waals surface area contributed by atoms with Gasteiger partial charge in [0.05, 0.1) is 0 Å². The highest BCUT2D eigenvalue weighted by molar-refractivity contribution is 5.16. The summed E-state index contributed by atoms with van der Waals surface area (Å²) in [6.45, 7) is 6.39. The van der Waals surface area contributed by atoms with E-state index in [2.05, 4.69) is 27.3 Å². The van der Waals surface area contributed by atoms with Gasteiger partial charge in [-0.25, -0.2) is 0 Å². The Bertz CT molecular complexity index is 378. The number of hydrogen-bond acceptors (Lipinski definition) is 4. The van der Waals surface area contributed by atoms with E-state index in [1.807, 2.05) is 12.4 Å². The first kappa shape index (κ1) is 13.0. The summed E-state index contributed by atoms with van der Waals surface area (Å²) in [7, 11) is 0. The van der Waals surface area contributed by atoms with Crippen LogP contribution in [0.1, 0.15) is 24.4 Å². The van der Waals surface area contributed by atoms with Crippen molar-refractivity contribution < 1.29 is 4.74 Å². The standard InChI is InChI=1S/C15H23N3O/c1-5-16-6-2-14(1)15-11-17-7-9-18(15)8-3-13-4-10-19-12-13/h1-2,5-6,13,15,17H,3-4,7-12H2. The third-order valence-electron chi connectivity index (χ3n) is 4.29. The van der Waals surface area contributed by atoms with E-state index >= 15 is 0 Å². The summed E-state index contributed by atoms with van der Waals surface area (Å²) in [6.07, 6.45) is 6.30. The van der Waals surface area contributed by atoms with Gasteiger partial charge in [0.2, 0.25) is 0 Å². The van der Waals surface area contributed by atoms with Crippen LogP contribution in [0.2, 0.25) is 0 Å². The summed E-state index contributed by atoms with van der Waals surface area (Å²) < 4.78 is 5.47. The van der Waals surface area contributed by atoms with Crippen molar-refractivity contribution >= 4 is 0 Å². The molecule has 3 rings (SSSR count). The molecule has 2 unspecified atom stereocenters. The first-order chi connectivity index (χ1) is 9.43. The van der Waals surface area contributed by atoms with Crippen LogP contribution in [-0.2, 0) is 4.74 Å². The second kappa shape index (κ2) is 6.46. The third-order valence-corrected chi connectivity index (χ3v) is 4.29. The molecule has 0 radical (unpaired) electrons. The van der Waals surface area contributed by atoms with Gasteiger partial charge in [0, 0.05) is 51.3 Å². The molecule has 2 saturated heterocycles. The molecule has 4 nitrogen and oxygen atoms in total. The molecule has 2 atom stereocenters. The molecule has 1 N–H and O–H groups in total. The number of rotatable bonds is 4. The molecule has 0 spiro atoms. The summed E-state index contributed by atoms with van der Waals surface area (Å²) in [5, 5.41) is 3.50. The highest BCUT2D eigenvalue weighted by Crippen LogP contribution is 2.24. The van der Waals surface area contributed by atoms with Crippen LogP contribution in [0.15, 0.2) is 24.5 Å². The third kappa shape index (κ3) is 3.32. The van der Waals surface area contributed by atoms with Crippen molar-refractivity contribution in [1.29, 1.82) is 0 Å². The molecule has 19 heavy (non-hydrogen) atoms. The van der Waals surface area contributed by atoms with Crippen molar-refractivity contribution in [3.63, 3.8) is 0 Å². The zero-order valence-corrected chi connectivity index (χ0v) is 11.4. The van der Waals surface area contributed by atoms with E-state index in [1.54, 1.807) is 0 Å². The number of piperazine rings is 1. The minimum absolute atomic E-state index is 0.499. The van der Waals surface area contributed by atoms with Crippen molar-refractivity contribution in [2.75, 3.05) is 39.4 Å². The monoisotopic (exact) mass is 261 g/mol. The lowest BCUT2D eigenvalue weighted by atomic mass is 10.0. The van der Waals surface area contributed by atoms with Crippen LogP contribution in [0, 0.1) is 5.92 Å². The summed E-state index contributed by atoms with van der Waals surface area (Å²) >= 11 is 0. The van der Waals surface area contributed by atoms with E-state index in [0.717, 1.165) is 38.8 Å². The van der Waals surface area contributed by atoms with Gasteiger partial charge < -0.3 is 10.1 Å². The molecule has 1 aromatic rings. The summed E-state index contributed by atoms with van der Waals surface area (Å²) in [5.74, 6) is 0.771. The maximum Gasteiger partial charge on any atom is 0.0495 e. The van der Waals surface area contributed by atoms with Gasteiger partial charge in [-0.2, -0.15) is 0 Å². The van der Waals surface area contributed by atoms with E-state index in [0.29, 0.717) is 6.04 Å². The maximum atomic E-state index is 5.47. The molecule has 0 aromatic carbocycles. The second-order valence-corrected chi connectivity index (χ2v) is 5.55. The number of ether oxygens (including phenoxy) is 1. The number of pyridine rings is 1. The molecule has 0 amide bonds. The lowest BCUT2D eigenvalue weighted by molar-refractivity contribution is 0.143. The highest BCUT2D eigenvalue weighted by atomic mass is 16.5. The van der Waals surface area contributed by atoms with Crippen molar-refractivity contribution in [2.24, 2.45) is 5.92 Å². The smallest absolute Gasteiger partial charge is 0.0495 e. The van der Waals surface area contributed by atoms with Crippen LogP contribution < -0.4 is 5.32 Å². The van der Waals surface area contributed by atoms with Gasteiger partial charge in [-0.15, -0.1) is 0 Å².